The molecule has 0 saturated heterocycles. The Morgan fingerprint density at radius 3 is 2.37 bits per heavy atom. The van der Waals surface area contributed by atoms with E-state index in [0.29, 0.717) is 17.3 Å². The van der Waals surface area contributed by atoms with Crippen LogP contribution in [0.5, 0.6) is 0 Å². The van der Waals surface area contributed by atoms with Crippen molar-refractivity contribution in [1.29, 1.82) is 0 Å². The van der Waals surface area contributed by atoms with Gasteiger partial charge in [-0.05, 0) is 24.6 Å². The summed E-state index contributed by atoms with van der Waals surface area (Å²) in [6.07, 6.45) is -4.05. The predicted octanol–water partition coefficient (Wildman–Crippen LogP) is 2.70. The molecule has 7 heteroatoms. The number of rotatable bonds is 3. The Bertz CT molecular complexity index is 546. The zero-order chi connectivity index (χ0) is 14.0. The van der Waals surface area contributed by atoms with Gasteiger partial charge >= 0.3 is 6.18 Å². The molecule has 1 heterocycles. The molecule has 4 nitrogen and oxygen atoms in total. The molecule has 1 atom stereocenters. The fraction of sp³-hybridized carbons (Fsp3) is 0.333. The van der Waals surface area contributed by atoms with Gasteiger partial charge in [-0.1, -0.05) is 17.3 Å². The molecular weight excluding hydrogens is 259 g/mol. The number of benzene rings is 1. The molecule has 0 amide bonds. The van der Waals surface area contributed by atoms with Crippen LogP contribution >= 0.6 is 0 Å². The summed E-state index contributed by atoms with van der Waals surface area (Å²) in [7, 11) is 0. The van der Waals surface area contributed by atoms with Crippen LogP contribution in [0.2, 0.25) is 0 Å². The monoisotopic (exact) mass is 271 g/mol. The van der Waals surface area contributed by atoms with Gasteiger partial charge < -0.3 is 10.3 Å². The average molecular weight is 271 g/mol. The Kier molecular flexibility index (Phi) is 3.57. The van der Waals surface area contributed by atoms with Crippen molar-refractivity contribution in [2.24, 2.45) is 5.73 Å². The van der Waals surface area contributed by atoms with E-state index in [1.165, 1.54) is 12.1 Å². The molecule has 102 valence electrons. The zero-order valence-corrected chi connectivity index (χ0v) is 10.1. The van der Waals surface area contributed by atoms with E-state index in [1.807, 2.05) is 0 Å². The lowest BCUT2D eigenvalue weighted by Gasteiger charge is -2.06. The predicted molar refractivity (Wildman–Crippen MR) is 61.2 cm³/mol. The van der Waals surface area contributed by atoms with E-state index in [0.717, 1.165) is 12.1 Å². The van der Waals surface area contributed by atoms with Gasteiger partial charge in [0, 0.05) is 0 Å². The van der Waals surface area contributed by atoms with Crippen LogP contribution in [0.15, 0.2) is 28.8 Å². The number of nitrogens with two attached hydrogens (primary N) is 1. The Hall–Kier alpha value is -1.89. The van der Waals surface area contributed by atoms with Gasteiger partial charge in [-0.25, -0.2) is 0 Å². The number of nitrogens with zero attached hydrogens (tertiary/aromatic N) is 2. The molecule has 2 aromatic rings. The van der Waals surface area contributed by atoms with E-state index in [2.05, 4.69) is 10.1 Å². The lowest BCUT2D eigenvalue weighted by Crippen LogP contribution is -2.07. The first-order valence-corrected chi connectivity index (χ1v) is 5.60. The van der Waals surface area contributed by atoms with Crippen LogP contribution in [0.4, 0.5) is 13.2 Å². The molecule has 0 spiro atoms. The summed E-state index contributed by atoms with van der Waals surface area (Å²) < 4.78 is 42.1. The average Bonchev–Trinajstić information content (AvgIpc) is 2.77. The SMILES string of the molecule is CC(N)c1noc(Cc2ccc(C(F)(F)F)cc2)n1. The Morgan fingerprint density at radius 2 is 1.89 bits per heavy atom. The van der Waals surface area contributed by atoms with Crippen molar-refractivity contribution in [3.8, 4) is 0 Å². The summed E-state index contributed by atoms with van der Waals surface area (Å²) >= 11 is 0. The topological polar surface area (TPSA) is 64.9 Å². The molecule has 0 bridgehead atoms. The summed E-state index contributed by atoms with van der Waals surface area (Å²) in [5.41, 5.74) is 5.56. The first kappa shape index (κ1) is 13.5. The van der Waals surface area contributed by atoms with E-state index in [1.54, 1.807) is 6.92 Å². The van der Waals surface area contributed by atoms with Crippen molar-refractivity contribution in [3.05, 3.63) is 47.1 Å². The maximum absolute atomic E-state index is 12.4. The third kappa shape index (κ3) is 3.31. The van der Waals surface area contributed by atoms with E-state index < -0.39 is 11.7 Å². The summed E-state index contributed by atoms with van der Waals surface area (Å²) in [6.45, 7) is 1.72. The van der Waals surface area contributed by atoms with E-state index in [4.69, 9.17) is 10.3 Å². The number of halogens is 3. The fourth-order valence-electron chi connectivity index (χ4n) is 1.51. The van der Waals surface area contributed by atoms with Gasteiger partial charge in [0.15, 0.2) is 5.82 Å². The van der Waals surface area contributed by atoms with Gasteiger partial charge in [0.05, 0.1) is 18.0 Å². The molecule has 1 aromatic carbocycles. The summed E-state index contributed by atoms with van der Waals surface area (Å²) in [5, 5.41) is 3.68. The van der Waals surface area contributed by atoms with Crippen LogP contribution in [0, 0.1) is 0 Å². The van der Waals surface area contributed by atoms with Gasteiger partial charge in [0.25, 0.3) is 0 Å². The molecule has 2 N–H and O–H groups in total. The number of aromatic nitrogens is 2. The second kappa shape index (κ2) is 5.00. The smallest absolute Gasteiger partial charge is 0.339 e. The Labute approximate surface area is 107 Å². The van der Waals surface area contributed by atoms with Crippen LogP contribution in [-0.4, -0.2) is 10.1 Å². The lowest BCUT2D eigenvalue weighted by atomic mass is 10.1. The first-order valence-electron chi connectivity index (χ1n) is 5.60. The number of hydrogen-bond acceptors (Lipinski definition) is 4. The van der Waals surface area contributed by atoms with Crippen LogP contribution in [0.1, 0.15) is 35.8 Å². The maximum atomic E-state index is 12.4. The van der Waals surface area contributed by atoms with Crippen molar-refractivity contribution in [1.82, 2.24) is 10.1 Å². The standard InChI is InChI=1S/C12H12F3N3O/c1-7(16)11-17-10(19-18-11)6-8-2-4-9(5-3-8)12(13,14)15/h2-5,7H,6,16H2,1H3. The molecule has 2 rings (SSSR count). The molecule has 0 aliphatic rings. The third-order valence-corrected chi connectivity index (χ3v) is 2.53. The van der Waals surface area contributed by atoms with Crippen LogP contribution in [0.25, 0.3) is 0 Å². The number of alkyl halides is 3. The molecule has 0 saturated carbocycles. The molecule has 1 aromatic heterocycles. The highest BCUT2D eigenvalue weighted by Gasteiger charge is 2.29. The molecule has 0 aliphatic carbocycles. The van der Waals surface area contributed by atoms with Crippen molar-refractivity contribution in [2.45, 2.75) is 25.6 Å². The highest BCUT2D eigenvalue weighted by Crippen LogP contribution is 2.29. The highest BCUT2D eigenvalue weighted by atomic mass is 19.4. The Balaban J connectivity index is 2.11. The van der Waals surface area contributed by atoms with E-state index >= 15 is 0 Å². The van der Waals surface area contributed by atoms with Crippen LogP contribution in [-0.2, 0) is 12.6 Å². The first-order chi connectivity index (χ1) is 8.86. The second-order valence-corrected chi connectivity index (χ2v) is 4.21. The molecule has 0 fully saturated rings. The van der Waals surface area contributed by atoms with Crippen molar-refractivity contribution < 1.29 is 17.7 Å². The minimum Gasteiger partial charge on any atom is -0.339 e. The van der Waals surface area contributed by atoms with Gasteiger partial charge in [0.1, 0.15) is 0 Å². The molecule has 0 radical (unpaired) electrons. The second-order valence-electron chi connectivity index (χ2n) is 4.21. The van der Waals surface area contributed by atoms with Crippen molar-refractivity contribution in [3.63, 3.8) is 0 Å². The van der Waals surface area contributed by atoms with Crippen LogP contribution in [0.3, 0.4) is 0 Å². The Morgan fingerprint density at radius 1 is 1.26 bits per heavy atom. The highest BCUT2D eigenvalue weighted by molar-refractivity contribution is 5.26. The minimum absolute atomic E-state index is 0.276. The lowest BCUT2D eigenvalue weighted by molar-refractivity contribution is -0.137. The molecular formula is C12H12F3N3O. The largest absolute Gasteiger partial charge is 0.416 e. The van der Waals surface area contributed by atoms with Gasteiger partial charge in [-0.15, -0.1) is 0 Å². The van der Waals surface area contributed by atoms with E-state index in [-0.39, 0.29) is 12.5 Å². The maximum Gasteiger partial charge on any atom is 0.416 e. The zero-order valence-electron chi connectivity index (χ0n) is 10.1. The van der Waals surface area contributed by atoms with Crippen LogP contribution < -0.4 is 5.73 Å². The van der Waals surface area contributed by atoms with Crippen molar-refractivity contribution >= 4 is 0 Å². The minimum atomic E-state index is -4.33. The fourth-order valence-corrected chi connectivity index (χ4v) is 1.51. The molecule has 1 unspecified atom stereocenters. The molecule has 0 aliphatic heterocycles. The summed E-state index contributed by atoms with van der Waals surface area (Å²) in [6, 6.07) is 4.48. The quantitative estimate of drug-likeness (QED) is 0.932. The van der Waals surface area contributed by atoms with Gasteiger partial charge in [-0.3, -0.25) is 0 Å². The summed E-state index contributed by atoms with van der Waals surface area (Å²) in [5.74, 6) is 0.703. The van der Waals surface area contributed by atoms with E-state index in [9.17, 15) is 13.2 Å². The number of hydrogen-bond donors (Lipinski definition) is 1. The van der Waals surface area contributed by atoms with Gasteiger partial charge in [0.2, 0.25) is 5.89 Å². The van der Waals surface area contributed by atoms with Crippen molar-refractivity contribution in [2.75, 3.05) is 0 Å². The summed E-state index contributed by atoms with van der Waals surface area (Å²) in [4.78, 5) is 4.05. The van der Waals surface area contributed by atoms with Gasteiger partial charge in [-0.2, -0.15) is 18.2 Å². The normalized spacial score (nSPS) is 13.5. The molecule has 19 heavy (non-hydrogen) atoms. The third-order valence-electron chi connectivity index (χ3n) is 2.53.